The molecule has 0 spiro atoms. The van der Waals surface area contributed by atoms with E-state index in [0.717, 1.165) is 0 Å². The molecule has 1 aromatic heterocycles. The first-order chi connectivity index (χ1) is 13.0. The zero-order valence-corrected chi connectivity index (χ0v) is 14.6. The molecular weight excluding hydrogens is 371 g/mol. The van der Waals surface area contributed by atoms with Crippen molar-refractivity contribution in [1.82, 2.24) is 10.2 Å². The van der Waals surface area contributed by atoms with Crippen molar-refractivity contribution in [2.24, 2.45) is 0 Å². The van der Waals surface area contributed by atoms with Gasteiger partial charge in [0.1, 0.15) is 10.8 Å². The second-order valence-corrected chi connectivity index (χ2v) is 6.37. The Bertz CT molecular complexity index is 965. The number of carbonyl (C=O) groups is 1. The molecule has 27 heavy (non-hydrogen) atoms. The summed E-state index contributed by atoms with van der Waals surface area (Å²) >= 11 is 1.17. The van der Waals surface area contributed by atoms with Crippen LogP contribution in [0.4, 0.5) is 15.8 Å². The zero-order valence-electron chi connectivity index (χ0n) is 13.8. The number of anilines is 1. The predicted octanol–water partition coefficient (Wildman–Crippen LogP) is 3.92. The van der Waals surface area contributed by atoms with Crippen LogP contribution in [0.2, 0.25) is 0 Å². The summed E-state index contributed by atoms with van der Waals surface area (Å²) in [5, 5.41) is 21.8. The van der Waals surface area contributed by atoms with E-state index in [1.807, 2.05) is 0 Å². The molecule has 1 N–H and O–H groups in total. The van der Waals surface area contributed by atoms with Gasteiger partial charge < -0.3 is 5.32 Å². The Balaban J connectivity index is 1.58. The van der Waals surface area contributed by atoms with Crippen LogP contribution in [0.15, 0.2) is 65.7 Å². The highest BCUT2D eigenvalue weighted by Gasteiger charge is 2.09. The van der Waals surface area contributed by atoms with Gasteiger partial charge in [0.05, 0.1) is 22.1 Å². The van der Waals surface area contributed by atoms with Crippen LogP contribution >= 0.6 is 11.8 Å². The van der Waals surface area contributed by atoms with E-state index in [2.05, 4.69) is 15.5 Å². The smallest absolute Gasteiger partial charge is 0.269 e. The lowest BCUT2D eigenvalue weighted by Crippen LogP contribution is -2.15. The molecule has 2 aromatic carbocycles. The van der Waals surface area contributed by atoms with E-state index in [4.69, 9.17) is 0 Å². The summed E-state index contributed by atoms with van der Waals surface area (Å²) in [6.45, 7) is 0. The zero-order chi connectivity index (χ0) is 19.2. The molecule has 1 amide bonds. The molecule has 0 fully saturated rings. The Morgan fingerprint density at radius 1 is 1.07 bits per heavy atom. The summed E-state index contributed by atoms with van der Waals surface area (Å²) in [6, 6.07) is 15.3. The quantitative estimate of drug-likeness (QED) is 0.393. The lowest BCUT2D eigenvalue weighted by Gasteiger charge is -2.06. The molecule has 0 saturated heterocycles. The first-order valence-corrected chi connectivity index (χ1v) is 8.77. The first kappa shape index (κ1) is 18.5. The van der Waals surface area contributed by atoms with E-state index in [-0.39, 0.29) is 23.0 Å². The van der Waals surface area contributed by atoms with Crippen molar-refractivity contribution < 1.29 is 14.1 Å². The number of hydrogen-bond acceptors (Lipinski definition) is 6. The van der Waals surface area contributed by atoms with E-state index in [9.17, 15) is 19.3 Å². The fourth-order valence-corrected chi connectivity index (χ4v) is 2.81. The number of benzene rings is 2. The third-order valence-corrected chi connectivity index (χ3v) is 4.43. The number of rotatable bonds is 6. The molecule has 3 aromatic rings. The lowest BCUT2D eigenvalue weighted by atomic mass is 10.1. The van der Waals surface area contributed by atoms with Crippen LogP contribution < -0.4 is 5.32 Å². The molecule has 0 aliphatic rings. The Morgan fingerprint density at radius 3 is 2.44 bits per heavy atom. The molecule has 0 unspecified atom stereocenters. The number of thioether (sulfide) groups is 1. The van der Waals surface area contributed by atoms with Gasteiger partial charge in [-0.3, -0.25) is 14.9 Å². The summed E-state index contributed by atoms with van der Waals surface area (Å²) in [7, 11) is 0. The van der Waals surface area contributed by atoms with Gasteiger partial charge in [0.2, 0.25) is 5.91 Å². The summed E-state index contributed by atoms with van der Waals surface area (Å²) in [5.74, 6) is -0.797. The number of amides is 1. The van der Waals surface area contributed by atoms with E-state index in [1.54, 1.807) is 36.4 Å². The van der Waals surface area contributed by atoms with Crippen molar-refractivity contribution in [2.75, 3.05) is 11.1 Å². The van der Waals surface area contributed by atoms with Crippen molar-refractivity contribution in [3.63, 3.8) is 0 Å². The van der Waals surface area contributed by atoms with Gasteiger partial charge in [0, 0.05) is 17.7 Å². The van der Waals surface area contributed by atoms with Gasteiger partial charge in [0.15, 0.2) is 0 Å². The number of non-ortho nitro benzene ring substituents is 1. The third-order valence-electron chi connectivity index (χ3n) is 3.51. The maximum atomic E-state index is 13.5. The predicted molar refractivity (Wildman–Crippen MR) is 99.9 cm³/mol. The van der Waals surface area contributed by atoms with Crippen molar-refractivity contribution in [3.05, 3.63) is 76.6 Å². The summed E-state index contributed by atoms with van der Waals surface area (Å²) < 4.78 is 13.5. The van der Waals surface area contributed by atoms with Gasteiger partial charge in [-0.15, -0.1) is 10.2 Å². The Kier molecular flexibility index (Phi) is 5.72. The monoisotopic (exact) mass is 384 g/mol. The second-order valence-electron chi connectivity index (χ2n) is 5.38. The number of halogens is 1. The molecule has 1 heterocycles. The number of para-hydroxylation sites is 1. The largest absolute Gasteiger partial charge is 0.323 e. The van der Waals surface area contributed by atoms with Gasteiger partial charge in [-0.1, -0.05) is 23.9 Å². The summed E-state index contributed by atoms with van der Waals surface area (Å²) in [4.78, 5) is 22.1. The highest BCUT2D eigenvalue weighted by molar-refractivity contribution is 7.99. The Morgan fingerprint density at radius 2 is 1.81 bits per heavy atom. The minimum Gasteiger partial charge on any atom is -0.323 e. The molecule has 0 atom stereocenters. The van der Waals surface area contributed by atoms with Gasteiger partial charge in [-0.05, 0) is 36.4 Å². The standard InChI is InChI=1S/C18H13FN4O3S/c19-14-3-1-2-4-16(14)20-17(24)11-27-18-10-9-15(21-22-18)12-5-7-13(8-6-12)23(25)26/h1-10H,11H2,(H,20,24). The maximum absolute atomic E-state index is 13.5. The minimum atomic E-state index is -0.497. The van der Waals surface area contributed by atoms with Crippen LogP contribution in [0, 0.1) is 15.9 Å². The van der Waals surface area contributed by atoms with Crippen molar-refractivity contribution >= 4 is 29.0 Å². The van der Waals surface area contributed by atoms with Crippen LogP contribution in [0.5, 0.6) is 0 Å². The SMILES string of the molecule is O=C(CSc1ccc(-c2ccc([N+](=O)[O-])cc2)nn1)Nc1ccccc1F. The van der Waals surface area contributed by atoms with Crippen molar-refractivity contribution in [1.29, 1.82) is 0 Å². The van der Waals surface area contributed by atoms with Crippen LogP contribution in [0.25, 0.3) is 11.3 Å². The van der Waals surface area contributed by atoms with Gasteiger partial charge in [0.25, 0.3) is 5.69 Å². The lowest BCUT2D eigenvalue weighted by molar-refractivity contribution is -0.384. The fourth-order valence-electron chi connectivity index (χ4n) is 2.19. The molecule has 0 aliphatic heterocycles. The Labute approximate surface area is 157 Å². The van der Waals surface area contributed by atoms with Gasteiger partial charge in [-0.2, -0.15) is 0 Å². The molecule has 9 heteroatoms. The molecule has 0 saturated carbocycles. The fraction of sp³-hybridized carbons (Fsp3) is 0.0556. The molecule has 136 valence electrons. The molecule has 0 aliphatic carbocycles. The number of hydrogen-bond donors (Lipinski definition) is 1. The van der Waals surface area contributed by atoms with Crippen molar-refractivity contribution in [3.8, 4) is 11.3 Å². The van der Waals surface area contributed by atoms with E-state index in [0.29, 0.717) is 16.3 Å². The second kappa shape index (κ2) is 8.37. The first-order valence-electron chi connectivity index (χ1n) is 7.78. The van der Waals surface area contributed by atoms with Crippen molar-refractivity contribution in [2.45, 2.75) is 5.03 Å². The summed E-state index contributed by atoms with van der Waals surface area (Å²) in [5.41, 5.74) is 1.38. The average molecular weight is 384 g/mol. The van der Waals surface area contributed by atoms with Crippen LogP contribution in [-0.2, 0) is 4.79 Å². The van der Waals surface area contributed by atoms with Crippen LogP contribution in [0.3, 0.4) is 0 Å². The number of nitrogens with zero attached hydrogens (tertiary/aromatic N) is 3. The highest BCUT2D eigenvalue weighted by atomic mass is 32.2. The van der Waals surface area contributed by atoms with Crippen LogP contribution in [-0.4, -0.2) is 26.8 Å². The molecule has 3 rings (SSSR count). The number of nitrogens with one attached hydrogen (secondary N) is 1. The molecule has 0 radical (unpaired) electrons. The number of nitro benzene ring substituents is 1. The van der Waals surface area contributed by atoms with E-state index >= 15 is 0 Å². The average Bonchev–Trinajstić information content (AvgIpc) is 2.69. The summed E-state index contributed by atoms with van der Waals surface area (Å²) in [6.07, 6.45) is 0. The van der Waals surface area contributed by atoms with E-state index < -0.39 is 10.7 Å². The minimum absolute atomic E-state index is 0.000231. The Hall–Kier alpha value is -3.33. The molecule has 7 nitrogen and oxygen atoms in total. The van der Waals surface area contributed by atoms with Gasteiger partial charge in [-0.25, -0.2) is 4.39 Å². The van der Waals surface area contributed by atoms with Gasteiger partial charge >= 0.3 is 0 Å². The topological polar surface area (TPSA) is 98.0 Å². The number of aromatic nitrogens is 2. The normalized spacial score (nSPS) is 10.4. The molecular formula is C18H13FN4O3S. The van der Waals surface area contributed by atoms with Crippen LogP contribution in [0.1, 0.15) is 0 Å². The third kappa shape index (κ3) is 4.85. The number of carbonyl (C=O) groups excluding carboxylic acids is 1. The highest BCUT2D eigenvalue weighted by Crippen LogP contribution is 2.22. The maximum Gasteiger partial charge on any atom is 0.269 e. The molecule has 0 bridgehead atoms. The van der Waals surface area contributed by atoms with E-state index in [1.165, 1.54) is 36.0 Å². The number of nitro groups is 1.